The van der Waals surface area contributed by atoms with Crippen molar-refractivity contribution >= 4 is 80.2 Å². The molecule has 2 aliphatic heterocycles. The second-order valence-electron chi connectivity index (χ2n) is 11.1. The molecule has 1 aromatic heterocycles. The zero-order valence-corrected chi connectivity index (χ0v) is 26.9. The molecule has 0 unspecified atom stereocenters. The van der Waals surface area contributed by atoms with Crippen molar-refractivity contribution in [2.24, 2.45) is 5.92 Å². The smallest absolute Gasteiger partial charge is 0.410 e. The standard InChI is InChI=1S/C29H28Cl2FIN4O2S/c1-29(2,3)39-28(38)37-13-15-12-19(37)24(15)35-26-17-11-14(7-6-10-34)20(16-8-5-9-18(30)21(16)31)22(32)25(17)36-27(40-4)23(26)33/h5,8-9,11,15,19,24H,6-7,12-13H2,1-4H3,(H,35,36)/t15-,19-,24+/m1/s1. The van der Waals surface area contributed by atoms with Gasteiger partial charge in [-0.3, -0.25) is 0 Å². The van der Waals surface area contributed by atoms with E-state index in [-0.39, 0.29) is 41.1 Å². The van der Waals surface area contributed by atoms with Gasteiger partial charge in [0.25, 0.3) is 0 Å². The van der Waals surface area contributed by atoms with Crippen molar-refractivity contribution in [3.8, 4) is 17.2 Å². The molecule has 3 aliphatic rings. The molecule has 3 fully saturated rings. The largest absolute Gasteiger partial charge is 0.444 e. The van der Waals surface area contributed by atoms with Gasteiger partial charge in [-0.05, 0) is 80.2 Å². The van der Waals surface area contributed by atoms with E-state index in [4.69, 9.17) is 32.9 Å². The summed E-state index contributed by atoms with van der Waals surface area (Å²) in [6.45, 7) is 6.20. The molecule has 0 spiro atoms. The highest BCUT2D eigenvalue weighted by Gasteiger charge is 2.55. The Morgan fingerprint density at radius 3 is 2.80 bits per heavy atom. The van der Waals surface area contributed by atoms with Gasteiger partial charge in [-0.2, -0.15) is 5.26 Å². The van der Waals surface area contributed by atoms with Crippen LogP contribution < -0.4 is 5.32 Å². The second kappa shape index (κ2) is 11.3. The summed E-state index contributed by atoms with van der Waals surface area (Å²) in [6.07, 6.45) is 3.04. The summed E-state index contributed by atoms with van der Waals surface area (Å²) in [5.74, 6) is -0.238. The van der Waals surface area contributed by atoms with E-state index < -0.39 is 11.4 Å². The van der Waals surface area contributed by atoms with Gasteiger partial charge in [0.15, 0.2) is 5.82 Å². The average molecular weight is 713 g/mol. The minimum Gasteiger partial charge on any atom is -0.444 e. The van der Waals surface area contributed by atoms with E-state index in [2.05, 4.69) is 34.0 Å². The van der Waals surface area contributed by atoms with Crippen molar-refractivity contribution in [2.45, 2.75) is 62.7 Å². The third kappa shape index (κ3) is 5.33. The number of hydrogen-bond donors (Lipinski definition) is 1. The zero-order valence-electron chi connectivity index (χ0n) is 22.4. The summed E-state index contributed by atoms with van der Waals surface area (Å²) >= 11 is 16.5. The van der Waals surface area contributed by atoms with Crippen LogP contribution in [0.5, 0.6) is 0 Å². The van der Waals surface area contributed by atoms with E-state index in [1.54, 1.807) is 23.1 Å². The summed E-state index contributed by atoms with van der Waals surface area (Å²) in [7, 11) is 0. The lowest BCUT2D eigenvalue weighted by Gasteiger charge is -2.38. The first-order valence-electron chi connectivity index (χ1n) is 12.9. The van der Waals surface area contributed by atoms with Gasteiger partial charge in [0.05, 0.1) is 37.5 Å². The Balaban J connectivity index is 1.62. The molecule has 2 aromatic carbocycles. The monoisotopic (exact) mass is 712 g/mol. The van der Waals surface area contributed by atoms with Crippen molar-refractivity contribution in [3.05, 3.63) is 49.3 Å². The molecule has 1 saturated carbocycles. The number of pyridine rings is 1. The molecule has 1 aliphatic carbocycles. The normalized spacial score (nSPS) is 19.9. The maximum atomic E-state index is 16.6. The van der Waals surface area contributed by atoms with Crippen molar-refractivity contribution in [1.82, 2.24) is 9.88 Å². The Bertz CT molecular complexity index is 1560. The molecule has 0 radical (unpaired) electrons. The van der Waals surface area contributed by atoms with E-state index in [1.807, 2.05) is 33.1 Å². The highest BCUT2D eigenvalue weighted by atomic mass is 127. The number of nitrogens with one attached hydrogen (secondary N) is 1. The van der Waals surface area contributed by atoms with E-state index in [0.717, 1.165) is 15.7 Å². The number of thioether (sulfide) groups is 1. The van der Waals surface area contributed by atoms with Crippen LogP contribution >= 0.6 is 57.6 Å². The number of fused-ring (bicyclic) bond motifs is 2. The number of aryl methyl sites for hydroxylation is 1. The Kier molecular flexibility index (Phi) is 8.37. The van der Waals surface area contributed by atoms with Gasteiger partial charge in [-0.25, -0.2) is 14.2 Å². The van der Waals surface area contributed by atoms with Crippen molar-refractivity contribution < 1.29 is 13.9 Å². The Labute approximate surface area is 261 Å². The molecule has 3 atom stereocenters. The lowest BCUT2D eigenvalue weighted by molar-refractivity contribution is 0.0239. The molecule has 2 bridgehead atoms. The van der Waals surface area contributed by atoms with Crippen molar-refractivity contribution in [2.75, 3.05) is 18.1 Å². The van der Waals surface area contributed by atoms with Gasteiger partial charge in [-0.1, -0.05) is 35.3 Å². The molecule has 6 nitrogen and oxygen atoms in total. The van der Waals surface area contributed by atoms with Gasteiger partial charge in [-0.15, -0.1) is 11.8 Å². The average Bonchev–Trinajstić information content (AvgIpc) is 3.49. The number of rotatable bonds is 6. The number of benzene rings is 2. The molecule has 1 N–H and O–H groups in total. The van der Waals surface area contributed by atoms with Gasteiger partial charge >= 0.3 is 6.09 Å². The molecule has 3 aromatic rings. The Hall–Kier alpha value is -2.00. The molecule has 210 valence electrons. The summed E-state index contributed by atoms with van der Waals surface area (Å²) < 4.78 is 23.1. The fraction of sp³-hybridized carbons (Fsp3) is 0.414. The van der Waals surface area contributed by atoms with E-state index >= 15 is 4.39 Å². The fourth-order valence-electron chi connectivity index (χ4n) is 5.55. The number of hydrogen-bond acceptors (Lipinski definition) is 6. The lowest BCUT2D eigenvalue weighted by atomic mass is 9.79. The maximum Gasteiger partial charge on any atom is 0.410 e. The predicted molar refractivity (Wildman–Crippen MR) is 168 cm³/mol. The number of anilines is 1. The van der Waals surface area contributed by atoms with Crippen LogP contribution in [-0.4, -0.2) is 46.5 Å². The first-order chi connectivity index (χ1) is 18.9. The van der Waals surface area contributed by atoms with Crippen molar-refractivity contribution in [3.63, 3.8) is 0 Å². The first-order valence-corrected chi connectivity index (χ1v) is 16.0. The Morgan fingerprint density at radius 1 is 1.38 bits per heavy atom. The van der Waals surface area contributed by atoms with Gasteiger partial charge in [0.2, 0.25) is 0 Å². The van der Waals surface area contributed by atoms with Crippen LogP contribution in [0.25, 0.3) is 22.0 Å². The van der Waals surface area contributed by atoms with Crippen LogP contribution in [0, 0.1) is 26.6 Å². The van der Waals surface area contributed by atoms with Crippen molar-refractivity contribution in [1.29, 1.82) is 5.26 Å². The minimum absolute atomic E-state index is 0.00834. The predicted octanol–water partition coefficient (Wildman–Crippen LogP) is 8.55. The number of halogens is 4. The topological polar surface area (TPSA) is 78.3 Å². The van der Waals surface area contributed by atoms with Gasteiger partial charge in [0, 0.05) is 35.4 Å². The molecular formula is C29H28Cl2FIN4O2S. The molecule has 40 heavy (non-hydrogen) atoms. The molecular weight excluding hydrogens is 685 g/mol. The quantitative estimate of drug-likeness (QED) is 0.204. The van der Waals surface area contributed by atoms with Crippen LogP contribution in [0.1, 0.15) is 39.2 Å². The second-order valence-corrected chi connectivity index (χ2v) is 13.7. The highest BCUT2D eigenvalue weighted by molar-refractivity contribution is 14.1. The molecule has 11 heteroatoms. The van der Waals surface area contributed by atoms with Crippen LogP contribution in [-0.2, 0) is 11.2 Å². The molecule has 1 amide bonds. The Morgan fingerprint density at radius 2 is 2.12 bits per heavy atom. The van der Waals surface area contributed by atoms with E-state index in [0.29, 0.717) is 45.1 Å². The summed E-state index contributed by atoms with van der Waals surface area (Å²) in [5, 5.41) is 14.9. The zero-order chi connectivity index (χ0) is 28.9. The first kappa shape index (κ1) is 29.5. The summed E-state index contributed by atoms with van der Waals surface area (Å²) in [6, 6.07) is 9.19. The van der Waals surface area contributed by atoms with Crippen LogP contribution in [0.3, 0.4) is 0 Å². The SMILES string of the molecule is CSc1nc2c(F)c(-c3cccc(Cl)c3Cl)c(CCC#N)cc2c(N[C@H]2[C@@H]3C[C@H]2N(C(=O)OC(C)(C)C)C3)c1I. The number of carbonyl (C=O) groups is 1. The third-order valence-corrected chi connectivity index (χ3v) is 10.3. The van der Waals surface area contributed by atoms with Crippen LogP contribution in [0.4, 0.5) is 14.9 Å². The molecule has 2 saturated heterocycles. The number of carbonyl (C=O) groups excluding carboxylic acids is 1. The number of nitrogens with zero attached hydrogens (tertiary/aromatic N) is 3. The number of amides is 1. The van der Waals surface area contributed by atoms with E-state index in [9.17, 15) is 10.1 Å². The minimum atomic E-state index is -0.572. The summed E-state index contributed by atoms with van der Waals surface area (Å²) in [4.78, 5) is 19.4. The maximum absolute atomic E-state index is 16.6. The molecule has 6 rings (SSSR count). The highest BCUT2D eigenvalue weighted by Crippen LogP contribution is 2.47. The number of aromatic nitrogens is 1. The van der Waals surface area contributed by atoms with Gasteiger partial charge in [0.1, 0.15) is 16.1 Å². The fourth-order valence-corrected chi connectivity index (χ4v) is 7.64. The third-order valence-electron chi connectivity index (χ3n) is 7.37. The number of nitriles is 1. The van der Waals surface area contributed by atoms with Crippen LogP contribution in [0.15, 0.2) is 29.3 Å². The van der Waals surface area contributed by atoms with Crippen LogP contribution in [0.2, 0.25) is 10.0 Å². The van der Waals surface area contributed by atoms with Gasteiger partial charge < -0.3 is 15.0 Å². The van der Waals surface area contributed by atoms with E-state index in [1.165, 1.54) is 11.8 Å². The molecule has 3 heterocycles. The number of ether oxygens (including phenoxy) is 1. The summed E-state index contributed by atoms with van der Waals surface area (Å²) in [5.41, 5.74) is 1.85. The lowest BCUT2D eigenvalue weighted by Crippen LogP contribution is -2.50.